The Morgan fingerprint density at radius 2 is 2.33 bits per heavy atom. The van der Waals surface area contributed by atoms with Gasteiger partial charge in [0.2, 0.25) is 5.82 Å². The number of rotatable bonds is 3. The minimum absolute atomic E-state index is 0.0735. The second kappa shape index (κ2) is 3.50. The number of hydrogen-bond donors (Lipinski definition) is 2. The molecular weight excluding hydrogens is 198 g/mol. The molecule has 1 saturated heterocycles. The highest BCUT2D eigenvalue weighted by atomic mass is 16.6. The molecule has 2 N–H and O–H groups in total. The van der Waals surface area contributed by atoms with Gasteiger partial charge in [-0.25, -0.2) is 4.68 Å². The summed E-state index contributed by atoms with van der Waals surface area (Å²) in [5.41, 5.74) is 0.515. The first-order chi connectivity index (χ1) is 7.09. The van der Waals surface area contributed by atoms with Crippen molar-refractivity contribution in [2.45, 2.75) is 13.0 Å². The van der Waals surface area contributed by atoms with Crippen LogP contribution in [0.3, 0.4) is 0 Å². The molecule has 7 nitrogen and oxygen atoms in total. The van der Waals surface area contributed by atoms with E-state index >= 15 is 0 Å². The van der Waals surface area contributed by atoms with Gasteiger partial charge in [-0.1, -0.05) is 0 Å². The third kappa shape index (κ3) is 1.65. The molecule has 0 atom stereocenters. The van der Waals surface area contributed by atoms with Crippen LogP contribution in [0.1, 0.15) is 5.69 Å². The molecule has 1 fully saturated rings. The van der Waals surface area contributed by atoms with Crippen molar-refractivity contribution in [3.63, 3.8) is 0 Å². The third-order valence-corrected chi connectivity index (χ3v) is 2.50. The lowest BCUT2D eigenvalue weighted by Gasteiger charge is -2.28. The zero-order valence-electron chi connectivity index (χ0n) is 8.65. The summed E-state index contributed by atoms with van der Waals surface area (Å²) in [6.07, 6.45) is 0. The van der Waals surface area contributed by atoms with Crippen LogP contribution in [-0.2, 0) is 7.05 Å². The molecule has 0 aliphatic carbocycles. The van der Waals surface area contributed by atoms with Gasteiger partial charge in [-0.2, -0.15) is 5.10 Å². The Hall–Kier alpha value is -1.63. The standard InChI is InChI=1S/C8H13N5O2/c1-5-7(13(14)15)8(12(2)11-5)10-6-3-9-4-6/h6,9-10H,3-4H2,1-2H3. The van der Waals surface area contributed by atoms with E-state index in [1.165, 1.54) is 4.68 Å². The fourth-order valence-electron chi connectivity index (χ4n) is 1.61. The van der Waals surface area contributed by atoms with Crippen molar-refractivity contribution in [2.24, 2.45) is 7.05 Å². The summed E-state index contributed by atoms with van der Waals surface area (Å²) < 4.78 is 1.52. The first-order valence-electron chi connectivity index (χ1n) is 4.75. The van der Waals surface area contributed by atoms with Gasteiger partial charge in [0.1, 0.15) is 5.69 Å². The maximum absolute atomic E-state index is 10.8. The van der Waals surface area contributed by atoms with Crippen LogP contribution in [0, 0.1) is 17.0 Å². The van der Waals surface area contributed by atoms with Gasteiger partial charge in [0, 0.05) is 20.1 Å². The second-order valence-corrected chi connectivity index (χ2v) is 3.66. The van der Waals surface area contributed by atoms with E-state index in [-0.39, 0.29) is 11.7 Å². The Morgan fingerprint density at radius 3 is 2.80 bits per heavy atom. The predicted octanol–water partition coefficient (Wildman–Crippen LogP) is 0.0204. The topological polar surface area (TPSA) is 85.0 Å². The van der Waals surface area contributed by atoms with Crippen molar-refractivity contribution in [3.8, 4) is 0 Å². The van der Waals surface area contributed by atoms with E-state index in [1.54, 1.807) is 14.0 Å². The largest absolute Gasteiger partial charge is 0.359 e. The quantitative estimate of drug-likeness (QED) is 0.544. The molecule has 7 heteroatoms. The summed E-state index contributed by atoms with van der Waals surface area (Å²) in [6, 6.07) is 0.262. The van der Waals surface area contributed by atoms with E-state index < -0.39 is 4.92 Å². The van der Waals surface area contributed by atoms with Crippen LogP contribution in [0.25, 0.3) is 0 Å². The van der Waals surface area contributed by atoms with Crippen LogP contribution in [0.4, 0.5) is 11.5 Å². The summed E-state index contributed by atoms with van der Waals surface area (Å²) in [5, 5.41) is 21.1. The van der Waals surface area contributed by atoms with Crippen molar-refractivity contribution in [1.82, 2.24) is 15.1 Å². The molecular formula is C8H13N5O2. The van der Waals surface area contributed by atoms with Crippen molar-refractivity contribution in [2.75, 3.05) is 18.4 Å². The maximum Gasteiger partial charge on any atom is 0.333 e. The summed E-state index contributed by atoms with van der Waals surface area (Å²) >= 11 is 0. The number of aromatic nitrogens is 2. The predicted molar refractivity (Wildman–Crippen MR) is 54.9 cm³/mol. The second-order valence-electron chi connectivity index (χ2n) is 3.66. The van der Waals surface area contributed by atoms with Crippen LogP contribution >= 0.6 is 0 Å². The lowest BCUT2D eigenvalue weighted by atomic mass is 10.2. The van der Waals surface area contributed by atoms with Gasteiger partial charge < -0.3 is 10.6 Å². The van der Waals surface area contributed by atoms with Gasteiger partial charge in [-0.3, -0.25) is 10.1 Å². The summed E-state index contributed by atoms with van der Waals surface area (Å²) in [7, 11) is 1.70. The van der Waals surface area contributed by atoms with Crippen molar-refractivity contribution in [3.05, 3.63) is 15.8 Å². The Labute approximate surface area is 86.6 Å². The minimum Gasteiger partial charge on any atom is -0.359 e. The molecule has 2 heterocycles. The van der Waals surface area contributed by atoms with Gasteiger partial charge in [-0.05, 0) is 6.92 Å². The lowest BCUT2D eigenvalue weighted by Crippen LogP contribution is -2.51. The average molecular weight is 211 g/mol. The molecule has 2 rings (SSSR count). The number of nitrogens with one attached hydrogen (secondary N) is 2. The average Bonchev–Trinajstić information content (AvgIpc) is 2.33. The van der Waals surface area contributed by atoms with Gasteiger partial charge in [0.25, 0.3) is 0 Å². The van der Waals surface area contributed by atoms with Crippen LogP contribution in [0.2, 0.25) is 0 Å². The summed E-state index contributed by atoms with van der Waals surface area (Å²) in [4.78, 5) is 10.4. The van der Waals surface area contributed by atoms with Crippen LogP contribution in [0.15, 0.2) is 0 Å². The summed E-state index contributed by atoms with van der Waals surface area (Å²) in [6.45, 7) is 3.31. The molecule has 0 radical (unpaired) electrons. The van der Waals surface area contributed by atoms with Crippen LogP contribution in [0.5, 0.6) is 0 Å². The van der Waals surface area contributed by atoms with Crippen LogP contribution in [-0.4, -0.2) is 33.8 Å². The minimum atomic E-state index is -0.392. The first kappa shape index (κ1) is 9.91. The van der Waals surface area contributed by atoms with E-state index in [2.05, 4.69) is 15.7 Å². The first-order valence-corrected chi connectivity index (χ1v) is 4.75. The molecule has 0 aromatic carbocycles. The van der Waals surface area contributed by atoms with Crippen molar-refractivity contribution >= 4 is 11.5 Å². The van der Waals surface area contributed by atoms with Crippen LogP contribution < -0.4 is 10.6 Å². The molecule has 0 spiro atoms. The molecule has 15 heavy (non-hydrogen) atoms. The van der Waals surface area contributed by atoms with E-state index in [1.807, 2.05) is 0 Å². The number of anilines is 1. The third-order valence-electron chi connectivity index (χ3n) is 2.50. The van der Waals surface area contributed by atoms with Gasteiger partial charge in [-0.15, -0.1) is 0 Å². The molecule has 1 aromatic rings. The highest BCUT2D eigenvalue weighted by Crippen LogP contribution is 2.27. The maximum atomic E-state index is 10.8. The van der Waals surface area contributed by atoms with Gasteiger partial charge in [0.05, 0.1) is 11.0 Å². The molecule has 0 unspecified atom stereocenters. The Morgan fingerprint density at radius 1 is 1.67 bits per heavy atom. The monoisotopic (exact) mass is 211 g/mol. The molecule has 0 saturated carbocycles. The number of nitro groups is 1. The van der Waals surface area contributed by atoms with E-state index in [0.717, 1.165) is 13.1 Å². The molecule has 1 aromatic heterocycles. The fraction of sp³-hybridized carbons (Fsp3) is 0.625. The van der Waals surface area contributed by atoms with Gasteiger partial charge >= 0.3 is 5.69 Å². The van der Waals surface area contributed by atoms with E-state index in [0.29, 0.717) is 11.5 Å². The lowest BCUT2D eigenvalue weighted by molar-refractivity contribution is -0.384. The molecule has 1 aliphatic heterocycles. The smallest absolute Gasteiger partial charge is 0.333 e. The SMILES string of the molecule is Cc1nn(C)c(NC2CNC2)c1[N+](=O)[O-]. The zero-order chi connectivity index (χ0) is 11.0. The highest BCUT2D eigenvalue weighted by Gasteiger charge is 2.27. The fourth-order valence-corrected chi connectivity index (χ4v) is 1.61. The summed E-state index contributed by atoms with van der Waals surface area (Å²) in [5.74, 6) is 0.490. The highest BCUT2D eigenvalue weighted by molar-refractivity contribution is 5.60. The number of aryl methyl sites for hydroxylation is 2. The van der Waals surface area contributed by atoms with Crippen molar-refractivity contribution in [1.29, 1.82) is 0 Å². The van der Waals surface area contributed by atoms with E-state index in [9.17, 15) is 10.1 Å². The molecule has 0 amide bonds. The Balaban J connectivity index is 2.30. The zero-order valence-corrected chi connectivity index (χ0v) is 8.65. The number of nitrogens with zero attached hydrogens (tertiary/aromatic N) is 3. The Bertz CT molecular complexity index is 396. The number of hydrogen-bond acceptors (Lipinski definition) is 5. The molecule has 82 valence electrons. The normalized spacial score (nSPS) is 16.1. The van der Waals surface area contributed by atoms with E-state index in [4.69, 9.17) is 0 Å². The molecule has 1 aliphatic rings. The van der Waals surface area contributed by atoms with Crippen molar-refractivity contribution < 1.29 is 4.92 Å². The molecule has 0 bridgehead atoms. The Kier molecular flexibility index (Phi) is 2.31. The van der Waals surface area contributed by atoms with Gasteiger partial charge in [0.15, 0.2) is 0 Å².